The Morgan fingerprint density at radius 3 is 2.14 bits per heavy atom. The monoisotopic (exact) mass is 196 g/mol. The highest BCUT2D eigenvalue weighted by Gasteiger charge is 2.16. The predicted molar refractivity (Wildman–Crippen MR) is 55.7 cm³/mol. The first-order valence-electron chi connectivity index (χ1n) is 4.55. The van der Waals surface area contributed by atoms with Crippen molar-refractivity contribution >= 4 is 0 Å². The van der Waals surface area contributed by atoms with Crippen LogP contribution in [-0.4, -0.2) is 9.13 Å². The molecule has 0 N–H and O–H groups in total. The molecule has 0 bridgehead atoms. The van der Waals surface area contributed by atoms with Crippen molar-refractivity contribution in [3.05, 3.63) is 32.6 Å². The van der Waals surface area contributed by atoms with Crippen LogP contribution in [0.2, 0.25) is 0 Å². The topological polar surface area (TPSA) is 44.0 Å². The third kappa shape index (κ3) is 1.64. The Morgan fingerprint density at radius 2 is 1.71 bits per heavy atom. The molecule has 0 aliphatic carbocycles. The van der Waals surface area contributed by atoms with Gasteiger partial charge in [0.2, 0.25) is 0 Å². The van der Waals surface area contributed by atoms with Crippen molar-refractivity contribution in [3.8, 4) is 0 Å². The van der Waals surface area contributed by atoms with Gasteiger partial charge in [-0.3, -0.25) is 13.9 Å². The van der Waals surface area contributed by atoms with E-state index in [1.165, 1.54) is 7.05 Å². The lowest BCUT2D eigenvalue weighted by Gasteiger charge is -2.23. The molecule has 0 aliphatic heterocycles. The smallest absolute Gasteiger partial charge is 0.295 e. The molecule has 0 atom stereocenters. The van der Waals surface area contributed by atoms with E-state index in [1.54, 1.807) is 17.7 Å². The van der Waals surface area contributed by atoms with E-state index in [2.05, 4.69) is 0 Å². The fourth-order valence-corrected chi connectivity index (χ4v) is 1.30. The van der Waals surface area contributed by atoms with Crippen LogP contribution in [0.25, 0.3) is 0 Å². The summed E-state index contributed by atoms with van der Waals surface area (Å²) in [6, 6.07) is 0. The summed E-state index contributed by atoms with van der Waals surface area (Å²) in [6.07, 6.45) is 1.62. The third-order valence-electron chi connectivity index (χ3n) is 2.18. The molecule has 4 heteroatoms. The lowest BCUT2D eigenvalue weighted by Crippen LogP contribution is -2.44. The minimum atomic E-state index is -0.298. The Balaban J connectivity index is 3.67. The van der Waals surface area contributed by atoms with Crippen molar-refractivity contribution in [2.75, 3.05) is 0 Å². The predicted octanol–water partition coefficient (Wildman–Crippen LogP) is 0.610. The summed E-state index contributed by atoms with van der Waals surface area (Å²) in [5, 5.41) is 0. The van der Waals surface area contributed by atoms with Crippen molar-refractivity contribution in [2.24, 2.45) is 7.05 Å². The lowest BCUT2D eigenvalue weighted by atomic mass is 10.1. The average Bonchev–Trinajstić information content (AvgIpc) is 2.06. The number of rotatable bonds is 0. The summed E-state index contributed by atoms with van der Waals surface area (Å²) in [7, 11) is 1.50. The van der Waals surface area contributed by atoms with Gasteiger partial charge in [0.25, 0.3) is 5.56 Å². The van der Waals surface area contributed by atoms with Gasteiger partial charge in [-0.2, -0.15) is 0 Å². The van der Waals surface area contributed by atoms with E-state index in [1.807, 2.05) is 20.8 Å². The highest BCUT2D eigenvalue weighted by atomic mass is 16.2. The van der Waals surface area contributed by atoms with Crippen LogP contribution in [0.5, 0.6) is 0 Å². The third-order valence-corrected chi connectivity index (χ3v) is 2.18. The minimum absolute atomic E-state index is 0.226. The van der Waals surface area contributed by atoms with E-state index in [0.717, 1.165) is 4.57 Å². The molecule has 1 rings (SSSR count). The average molecular weight is 196 g/mol. The Bertz CT molecular complexity index is 460. The van der Waals surface area contributed by atoms with Gasteiger partial charge in [0, 0.05) is 24.3 Å². The van der Waals surface area contributed by atoms with Crippen LogP contribution in [0.15, 0.2) is 15.8 Å². The van der Waals surface area contributed by atoms with Gasteiger partial charge in [0.1, 0.15) is 0 Å². The van der Waals surface area contributed by atoms with E-state index >= 15 is 0 Å². The standard InChI is InChI=1S/C10H16N2O2/c1-7-6-12(10(2,3)4)9(14)11(5)8(7)13/h6H,1-5H3. The van der Waals surface area contributed by atoms with Crippen molar-refractivity contribution in [1.29, 1.82) is 0 Å². The summed E-state index contributed by atoms with van der Waals surface area (Å²) in [5.41, 5.74) is -0.210. The Labute approximate surface area is 82.8 Å². The first kappa shape index (κ1) is 10.8. The second-order valence-electron chi connectivity index (χ2n) is 4.50. The molecule has 1 aromatic rings. The maximum atomic E-state index is 11.7. The summed E-state index contributed by atoms with van der Waals surface area (Å²) in [4.78, 5) is 23.1. The van der Waals surface area contributed by atoms with Gasteiger partial charge >= 0.3 is 5.69 Å². The van der Waals surface area contributed by atoms with Crippen LogP contribution in [0.4, 0.5) is 0 Å². The Morgan fingerprint density at radius 1 is 1.21 bits per heavy atom. The highest BCUT2D eigenvalue weighted by molar-refractivity contribution is 5.04. The van der Waals surface area contributed by atoms with Crippen LogP contribution < -0.4 is 11.2 Å². The van der Waals surface area contributed by atoms with Gasteiger partial charge < -0.3 is 0 Å². The van der Waals surface area contributed by atoms with Crippen LogP contribution in [-0.2, 0) is 12.6 Å². The maximum Gasteiger partial charge on any atom is 0.331 e. The quantitative estimate of drug-likeness (QED) is 0.610. The summed E-state index contributed by atoms with van der Waals surface area (Å²) < 4.78 is 2.71. The zero-order valence-electron chi connectivity index (χ0n) is 9.29. The van der Waals surface area contributed by atoms with Gasteiger partial charge in [-0.25, -0.2) is 4.79 Å². The van der Waals surface area contributed by atoms with E-state index in [4.69, 9.17) is 0 Å². The molecule has 0 aliphatic rings. The molecule has 0 unspecified atom stereocenters. The van der Waals surface area contributed by atoms with Gasteiger partial charge in [-0.1, -0.05) is 0 Å². The molecule has 0 saturated heterocycles. The van der Waals surface area contributed by atoms with E-state index < -0.39 is 0 Å². The number of aromatic nitrogens is 2. The summed E-state index contributed by atoms with van der Waals surface area (Å²) in [5.74, 6) is 0. The molecule has 0 spiro atoms. The number of hydrogen-bond acceptors (Lipinski definition) is 2. The van der Waals surface area contributed by atoms with Gasteiger partial charge in [-0.15, -0.1) is 0 Å². The molecule has 0 radical (unpaired) electrons. The highest BCUT2D eigenvalue weighted by Crippen LogP contribution is 2.09. The molecule has 0 amide bonds. The lowest BCUT2D eigenvalue weighted by molar-refractivity contribution is 0.365. The van der Waals surface area contributed by atoms with Gasteiger partial charge in [0.15, 0.2) is 0 Å². The molecular formula is C10H16N2O2. The fourth-order valence-electron chi connectivity index (χ4n) is 1.30. The minimum Gasteiger partial charge on any atom is -0.295 e. The SMILES string of the molecule is Cc1cn(C(C)(C)C)c(=O)n(C)c1=O. The van der Waals surface area contributed by atoms with Crippen molar-refractivity contribution in [2.45, 2.75) is 33.2 Å². The van der Waals surface area contributed by atoms with Crippen molar-refractivity contribution < 1.29 is 0 Å². The molecule has 0 fully saturated rings. The molecule has 4 nitrogen and oxygen atoms in total. The zero-order chi connectivity index (χ0) is 11.1. The molecule has 14 heavy (non-hydrogen) atoms. The summed E-state index contributed by atoms with van der Waals surface area (Å²) >= 11 is 0. The second-order valence-corrected chi connectivity index (χ2v) is 4.50. The fraction of sp³-hybridized carbons (Fsp3) is 0.600. The van der Waals surface area contributed by atoms with Crippen LogP contribution >= 0.6 is 0 Å². The number of hydrogen-bond donors (Lipinski definition) is 0. The maximum absolute atomic E-state index is 11.7. The van der Waals surface area contributed by atoms with Crippen molar-refractivity contribution in [1.82, 2.24) is 9.13 Å². The first-order valence-corrected chi connectivity index (χ1v) is 4.55. The van der Waals surface area contributed by atoms with Crippen LogP contribution in [0, 0.1) is 6.92 Å². The van der Waals surface area contributed by atoms with E-state index in [-0.39, 0.29) is 16.8 Å². The van der Waals surface area contributed by atoms with Crippen LogP contribution in [0.3, 0.4) is 0 Å². The van der Waals surface area contributed by atoms with Crippen molar-refractivity contribution in [3.63, 3.8) is 0 Å². The first-order chi connectivity index (χ1) is 6.25. The normalized spacial score (nSPS) is 11.8. The van der Waals surface area contributed by atoms with E-state index in [0.29, 0.717) is 5.56 Å². The van der Waals surface area contributed by atoms with Gasteiger partial charge in [-0.05, 0) is 27.7 Å². The zero-order valence-corrected chi connectivity index (χ0v) is 9.29. The number of aryl methyl sites for hydroxylation is 1. The number of nitrogens with zero attached hydrogens (tertiary/aromatic N) is 2. The van der Waals surface area contributed by atoms with Crippen LogP contribution in [0.1, 0.15) is 26.3 Å². The molecule has 0 saturated carbocycles. The van der Waals surface area contributed by atoms with E-state index in [9.17, 15) is 9.59 Å². The Kier molecular flexibility index (Phi) is 2.39. The molecule has 0 aromatic carbocycles. The molecule has 1 heterocycles. The second kappa shape index (κ2) is 3.12. The summed E-state index contributed by atoms with van der Waals surface area (Å²) in [6.45, 7) is 7.50. The molecule has 78 valence electrons. The van der Waals surface area contributed by atoms with Gasteiger partial charge in [0.05, 0.1) is 0 Å². The molecule has 1 aromatic heterocycles. The largest absolute Gasteiger partial charge is 0.331 e. The Hall–Kier alpha value is -1.32. The molecular weight excluding hydrogens is 180 g/mol.